The third-order valence-corrected chi connectivity index (χ3v) is 4.84. The molecule has 1 aliphatic heterocycles. The Morgan fingerprint density at radius 2 is 1.91 bits per heavy atom. The highest BCUT2D eigenvalue weighted by Crippen LogP contribution is 2.38. The van der Waals surface area contributed by atoms with Crippen LogP contribution in [0.25, 0.3) is 11.0 Å². The summed E-state index contributed by atoms with van der Waals surface area (Å²) in [7, 11) is 0. The molecule has 0 spiro atoms. The number of para-hydroxylation sites is 2. The van der Waals surface area contributed by atoms with E-state index in [0.717, 1.165) is 6.08 Å². The summed E-state index contributed by atoms with van der Waals surface area (Å²) in [5, 5.41) is 9.99. The predicted molar refractivity (Wildman–Crippen MR) is 116 cm³/mol. The largest absolute Gasteiger partial charge is 0.511 e. The number of hydrogen-bond donors (Lipinski definition) is 1. The van der Waals surface area contributed by atoms with Gasteiger partial charge in [-0.3, -0.25) is 4.90 Å². The van der Waals surface area contributed by atoms with Gasteiger partial charge in [0.2, 0.25) is 5.88 Å². The molecule has 0 saturated carbocycles. The first kappa shape index (κ1) is 23.4. The van der Waals surface area contributed by atoms with Crippen LogP contribution in [0.4, 0.5) is 13.6 Å². The maximum Gasteiger partial charge on any atom is 0.411 e. The van der Waals surface area contributed by atoms with Crippen molar-refractivity contribution in [3.63, 3.8) is 0 Å². The smallest absolute Gasteiger partial charge is 0.411 e. The number of benzene rings is 1. The van der Waals surface area contributed by atoms with E-state index in [4.69, 9.17) is 9.47 Å². The monoisotopic (exact) mass is 447 g/mol. The second kappa shape index (κ2) is 8.72. The molecule has 1 N–H and O–H groups in total. The van der Waals surface area contributed by atoms with Crippen molar-refractivity contribution < 1.29 is 28.2 Å². The number of rotatable bonds is 6. The molecule has 0 unspecified atom stereocenters. The first-order valence-corrected chi connectivity index (χ1v) is 10.2. The van der Waals surface area contributed by atoms with Crippen LogP contribution >= 0.6 is 0 Å². The van der Waals surface area contributed by atoms with E-state index in [2.05, 4.69) is 23.1 Å². The number of aromatic nitrogens is 2. The minimum atomic E-state index is -3.35. The Bertz CT molecular complexity index is 1040. The summed E-state index contributed by atoms with van der Waals surface area (Å²) in [4.78, 5) is 22.2. The van der Waals surface area contributed by atoms with Crippen LogP contribution < -0.4 is 4.74 Å². The molecule has 2 heterocycles. The zero-order valence-electron chi connectivity index (χ0n) is 18.3. The lowest BCUT2D eigenvalue weighted by molar-refractivity contribution is -0.0101. The molecule has 0 bridgehead atoms. The topological polar surface area (TPSA) is 84.8 Å². The average molecular weight is 447 g/mol. The summed E-state index contributed by atoms with van der Waals surface area (Å²) in [6.07, 6.45) is -0.793. The summed E-state index contributed by atoms with van der Waals surface area (Å²) in [5.41, 5.74) is -0.653. The lowest BCUT2D eigenvalue weighted by Crippen LogP contribution is -2.41. The van der Waals surface area contributed by atoms with Crippen LogP contribution in [0.5, 0.6) is 5.88 Å². The van der Waals surface area contributed by atoms with E-state index in [1.807, 2.05) is 0 Å². The van der Waals surface area contributed by atoms with Crippen LogP contribution in [0.3, 0.4) is 0 Å². The molecule has 2 atom stereocenters. The Hall–Kier alpha value is -3.23. The summed E-state index contributed by atoms with van der Waals surface area (Å²) in [6.45, 7) is 12.1. The van der Waals surface area contributed by atoms with Gasteiger partial charge in [0.25, 0.3) is 5.92 Å². The summed E-state index contributed by atoms with van der Waals surface area (Å²) in [5.74, 6) is -3.92. The third kappa shape index (κ3) is 5.15. The number of carbonyl (C=O) groups is 1. The molecular weight excluding hydrogens is 420 g/mol. The summed E-state index contributed by atoms with van der Waals surface area (Å²) in [6, 6.07) is 5.85. The van der Waals surface area contributed by atoms with Crippen molar-refractivity contribution >= 4 is 17.1 Å². The Kier molecular flexibility index (Phi) is 6.39. The van der Waals surface area contributed by atoms with Gasteiger partial charge in [0.05, 0.1) is 23.6 Å². The Morgan fingerprint density at radius 1 is 1.28 bits per heavy atom. The molecule has 32 heavy (non-hydrogen) atoms. The van der Waals surface area contributed by atoms with E-state index >= 15 is 0 Å². The van der Waals surface area contributed by atoms with Crippen LogP contribution in [0.2, 0.25) is 0 Å². The molecule has 2 aromatic rings. The van der Waals surface area contributed by atoms with Gasteiger partial charge < -0.3 is 14.6 Å². The third-order valence-electron chi connectivity index (χ3n) is 4.84. The predicted octanol–water partition coefficient (Wildman–Crippen LogP) is 5.13. The molecule has 1 aliphatic rings. The van der Waals surface area contributed by atoms with Gasteiger partial charge in [-0.15, -0.1) is 6.58 Å². The van der Waals surface area contributed by atoms with Gasteiger partial charge in [-0.25, -0.2) is 14.8 Å². The van der Waals surface area contributed by atoms with Gasteiger partial charge in [0.15, 0.2) is 5.69 Å². The number of fused-ring (bicyclic) bond motifs is 1. The molecule has 1 amide bonds. The van der Waals surface area contributed by atoms with Crippen LogP contribution in [0, 0.1) is 0 Å². The van der Waals surface area contributed by atoms with Crippen molar-refractivity contribution in [1.29, 1.82) is 0 Å². The molecule has 3 rings (SSSR count). The minimum Gasteiger partial charge on any atom is -0.511 e. The number of hydrogen-bond acceptors (Lipinski definition) is 6. The maximum absolute atomic E-state index is 14.8. The average Bonchev–Trinajstić information content (AvgIpc) is 3.10. The number of likely N-dealkylation sites (tertiary alicyclic amines) is 1. The number of carbonyl (C=O) groups excluding carboxylic acids is 1. The molecule has 1 fully saturated rings. The van der Waals surface area contributed by atoms with Crippen molar-refractivity contribution in [2.75, 3.05) is 6.54 Å². The minimum absolute atomic E-state index is 0.000136. The molecule has 0 aliphatic carbocycles. The van der Waals surface area contributed by atoms with Crippen molar-refractivity contribution in [2.24, 2.45) is 0 Å². The zero-order valence-corrected chi connectivity index (χ0v) is 18.3. The number of aliphatic hydroxyl groups is 1. The highest BCUT2D eigenvalue weighted by molar-refractivity contribution is 5.75. The fourth-order valence-corrected chi connectivity index (χ4v) is 3.46. The van der Waals surface area contributed by atoms with Crippen LogP contribution in [0.1, 0.15) is 39.3 Å². The van der Waals surface area contributed by atoms with E-state index in [9.17, 15) is 18.7 Å². The van der Waals surface area contributed by atoms with Gasteiger partial charge in [-0.1, -0.05) is 24.8 Å². The first-order valence-electron chi connectivity index (χ1n) is 10.2. The van der Waals surface area contributed by atoms with Crippen LogP contribution in [-0.2, 0) is 10.7 Å². The van der Waals surface area contributed by atoms with E-state index in [1.165, 1.54) is 4.90 Å². The number of allylic oxidation sites excluding steroid dienone is 1. The fourth-order valence-electron chi connectivity index (χ4n) is 3.46. The standard InChI is InChI=1S/C23H27F2N3O4/c1-6-11-23(24,25)19-20(27-17-10-8-7-9-16(17)26-19)31-15-12-18(14(2)29)28(13-15)21(30)32-22(3,4)5/h6-10,15,18,29H,1-2,11-13H2,3-5H3/t15-,18+/m1/s1. The summed E-state index contributed by atoms with van der Waals surface area (Å²) >= 11 is 0. The fraction of sp³-hybridized carbons (Fsp3) is 0.435. The normalized spacial score (nSPS) is 19.1. The van der Waals surface area contributed by atoms with Gasteiger partial charge in [-0.2, -0.15) is 8.78 Å². The van der Waals surface area contributed by atoms with Crippen molar-refractivity contribution in [3.8, 4) is 5.88 Å². The number of alkyl halides is 2. The van der Waals surface area contributed by atoms with E-state index in [0.29, 0.717) is 11.0 Å². The molecule has 172 valence electrons. The molecule has 1 aromatic carbocycles. The molecule has 9 heteroatoms. The SMILES string of the molecule is C=CCC(F)(F)c1nc2ccccc2nc1O[C@@H]1C[C@@H](C(=C)O)N(C(=O)OC(C)(C)C)C1. The quantitative estimate of drug-likeness (QED) is 0.488. The second-order valence-electron chi connectivity index (χ2n) is 8.68. The molecule has 7 nitrogen and oxygen atoms in total. The van der Waals surface area contributed by atoms with E-state index in [-0.39, 0.29) is 24.6 Å². The highest BCUT2D eigenvalue weighted by Gasteiger charge is 2.42. The highest BCUT2D eigenvalue weighted by atomic mass is 19.3. The van der Waals surface area contributed by atoms with Crippen LogP contribution in [0.15, 0.2) is 49.3 Å². The Morgan fingerprint density at radius 3 is 2.47 bits per heavy atom. The van der Waals surface area contributed by atoms with Gasteiger partial charge >= 0.3 is 6.09 Å². The van der Waals surface area contributed by atoms with Crippen molar-refractivity contribution in [2.45, 2.75) is 57.3 Å². The Balaban J connectivity index is 1.93. The number of aliphatic hydroxyl groups excluding tert-OH is 1. The molecule has 0 radical (unpaired) electrons. The lowest BCUT2D eigenvalue weighted by atomic mass is 10.1. The molecule has 1 aromatic heterocycles. The number of amides is 1. The van der Waals surface area contributed by atoms with Crippen LogP contribution in [-0.4, -0.2) is 50.4 Å². The number of ether oxygens (including phenoxy) is 2. The zero-order chi connectivity index (χ0) is 23.7. The lowest BCUT2D eigenvalue weighted by Gasteiger charge is -2.27. The Labute approximate surface area is 185 Å². The maximum atomic E-state index is 14.8. The van der Waals surface area contributed by atoms with Gasteiger partial charge in [0.1, 0.15) is 17.5 Å². The van der Waals surface area contributed by atoms with E-state index in [1.54, 1.807) is 45.0 Å². The second-order valence-corrected chi connectivity index (χ2v) is 8.68. The first-order chi connectivity index (χ1) is 14.9. The van der Waals surface area contributed by atoms with Crippen molar-refractivity contribution in [3.05, 3.63) is 55.0 Å². The molecular formula is C23H27F2N3O4. The number of halogens is 2. The van der Waals surface area contributed by atoms with E-state index < -0.39 is 41.9 Å². The number of nitrogens with zero attached hydrogens (tertiary/aromatic N) is 3. The van der Waals surface area contributed by atoms with Crippen molar-refractivity contribution in [1.82, 2.24) is 14.9 Å². The molecule has 1 saturated heterocycles. The van der Waals surface area contributed by atoms with Gasteiger partial charge in [0, 0.05) is 12.8 Å². The van der Waals surface area contributed by atoms with Gasteiger partial charge in [-0.05, 0) is 32.9 Å². The summed E-state index contributed by atoms with van der Waals surface area (Å²) < 4.78 is 40.9.